The van der Waals surface area contributed by atoms with Gasteiger partial charge in [0, 0.05) is 46.8 Å². The average molecular weight is 615 g/mol. The highest BCUT2D eigenvalue weighted by atomic mass is 16.5. The van der Waals surface area contributed by atoms with E-state index in [9.17, 15) is 0 Å². The van der Waals surface area contributed by atoms with Crippen LogP contribution in [-0.2, 0) is 0 Å². The summed E-state index contributed by atoms with van der Waals surface area (Å²) in [7, 11) is 0. The molecule has 6 rings (SSSR count). The zero-order valence-electron chi connectivity index (χ0n) is 27.3. The van der Waals surface area contributed by atoms with Gasteiger partial charge in [-0.2, -0.15) is 0 Å². The van der Waals surface area contributed by atoms with E-state index in [0.717, 1.165) is 96.3 Å². The highest BCUT2D eigenvalue weighted by Gasteiger charge is 2.11. The Morgan fingerprint density at radius 2 is 0.891 bits per heavy atom. The molecule has 0 amide bonds. The van der Waals surface area contributed by atoms with E-state index in [1.807, 2.05) is 0 Å². The van der Waals surface area contributed by atoms with Crippen molar-refractivity contribution in [2.45, 2.75) is 65.2 Å². The number of anilines is 2. The molecular formula is C40H46N4O2. The maximum Gasteiger partial charge on any atom is 0.121 e. The number of ether oxygens (including phenoxy) is 2. The molecular weight excluding hydrogens is 568 g/mol. The van der Waals surface area contributed by atoms with E-state index in [2.05, 4.69) is 109 Å². The standard InChI is InChI=1S/C40H46N4O2/c1-3-25-45-29-19-21-33-37(27-29)43-35-17-11-9-15-31(35)39(33)41-23-13-7-5-6-8-14-24-42-40-32-16-10-12-18-36(32)44-38-28-30(46-26-4-2)20-22-34(38)40/h9-12,15-22,27-28H,3-8,13-14,23-26H2,1-2H3,(H,41,43)(H,42,44). The fourth-order valence-corrected chi connectivity index (χ4v) is 6.13. The van der Waals surface area contributed by atoms with Crippen LogP contribution in [0.25, 0.3) is 43.6 Å². The van der Waals surface area contributed by atoms with Crippen LogP contribution in [0.3, 0.4) is 0 Å². The van der Waals surface area contributed by atoms with Crippen LogP contribution in [0.5, 0.6) is 11.5 Å². The summed E-state index contributed by atoms with van der Waals surface area (Å²) in [5, 5.41) is 12.2. The number of aromatic nitrogens is 2. The largest absolute Gasteiger partial charge is 0.494 e. The van der Waals surface area contributed by atoms with Crippen LogP contribution in [0.15, 0.2) is 84.9 Å². The predicted octanol–water partition coefficient (Wildman–Crippen LogP) is 10.5. The minimum absolute atomic E-state index is 0.718. The zero-order valence-corrected chi connectivity index (χ0v) is 27.3. The molecule has 6 nitrogen and oxygen atoms in total. The van der Waals surface area contributed by atoms with Crippen molar-refractivity contribution >= 4 is 55.0 Å². The molecule has 0 aliphatic carbocycles. The van der Waals surface area contributed by atoms with Gasteiger partial charge in [0.05, 0.1) is 46.7 Å². The normalized spacial score (nSPS) is 11.4. The summed E-state index contributed by atoms with van der Waals surface area (Å²) in [5.74, 6) is 1.76. The lowest BCUT2D eigenvalue weighted by molar-refractivity contribution is 0.317. The first kappa shape index (κ1) is 31.4. The Labute approximate surface area is 272 Å². The summed E-state index contributed by atoms with van der Waals surface area (Å²) in [6, 6.07) is 29.3. The van der Waals surface area contributed by atoms with Crippen molar-refractivity contribution in [3.05, 3.63) is 84.9 Å². The number of hydrogen-bond acceptors (Lipinski definition) is 6. The first-order chi connectivity index (χ1) is 22.7. The van der Waals surface area contributed by atoms with Crippen LogP contribution in [0.4, 0.5) is 11.4 Å². The number of hydrogen-bond donors (Lipinski definition) is 2. The molecule has 0 bridgehead atoms. The number of unbranched alkanes of at least 4 members (excludes halogenated alkanes) is 5. The molecule has 0 unspecified atom stereocenters. The molecule has 0 atom stereocenters. The molecule has 6 aromatic rings. The third kappa shape index (κ3) is 7.44. The average Bonchev–Trinajstić information content (AvgIpc) is 3.09. The molecule has 238 valence electrons. The summed E-state index contributed by atoms with van der Waals surface area (Å²) in [5.41, 5.74) is 6.32. The Morgan fingerprint density at radius 1 is 0.478 bits per heavy atom. The Kier molecular flexibility index (Phi) is 10.7. The number of pyridine rings is 2. The molecule has 46 heavy (non-hydrogen) atoms. The van der Waals surface area contributed by atoms with E-state index in [4.69, 9.17) is 19.4 Å². The van der Waals surface area contributed by atoms with E-state index < -0.39 is 0 Å². The number of nitrogens with zero attached hydrogens (tertiary/aromatic N) is 2. The Hall–Kier alpha value is -4.58. The van der Waals surface area contributed by atoms with E-state index in [0.29, 0.717) is 0 Å². The van der Waals surface area contributed by atoms with Gasteiger partial charge in [-0.25, -0.2) is 9.97 Å². The minimum atomic E-state index is 0.718. The molecule has 4 aromatic carbocycles. The fraction of sp³-hybridized carbons (Fsp3) is 0.350. The van der Waals surface area contributed by atoms with Crippen molar-refractivity contribution in [1.82, 2.24) is 9.97 Å². The van der Waals surface area contributed by atoms with E-state index in [-0.39, 0.29) is 0 Å². The van der Waals surface area contributed by atoms with Crippen molar-refractivity contribution in [3.8, 4) is 11.5 Å². The highest BCUT2D eigenvalue weighted by Crippen LogP contribution is 2.34. The lowest BCUT2D eigenvalue weighted by atomic mass is 10.1. The van der Waals surface area contributed by atoms with Crippen molar-refractivity contribution in [2.24, 2.45) is 0 Å². The fourth-order valence-electron chi connectivity index (χ4n) is 6.13. The first-order valence-electron chi connectivity index (χ1n) is 17.1. The Morgan fingerprint density at radius 3 is 1.35 bits per heavy atom. The van der Waals surface area contributed by atoms with Crippen molar-refractivity contribution < 1.29 is 9.47 Å². The van der Waals surface area contributed by atoms with Gasteiger partial charge in [-0.15, -0.1) is 0 Å². The Bertz CT molecular complexity index is 1770. The van der Waals surface area contributed by atoms with Crippen LogP contribution >= 0.6 is 0 Å². The number of fused-ring (bicyclic) bond motifs is 4. The second-order valence-electron chi connectivity index (χ2n) is 12.0. The van der Waals surface area contributed by atoms with E-state index in [1.54, 1.807) is 0 Å². The van der Waals surface area contributed by atoms with Crippen LogP contribution in [-0.4, -0.2) is 36.3 Å². The molecule has 6 heteroatoms. The van der Waals surface area contributed by atoms with Gasteiger partial charge in [0.2, 0.25) is 0 Å². The lowest BCUT2D eigenvalue weighted by Gasteiger charge is -2.15. The topological polar surface area (TPSA) is 68.3 Å². The van der Waals surface area contributed by atoms with Gasteiger partial charge in [0.25, 0.3) is 0 Å². The molecule has 0 spiro atoms. The molecule has 2 N–H and O–H groups in total. The maximum absolute atomic E-state index is 5.88. The quantitative estimate of drug-likeness (QED) is 0.0787. The predicted molar refractivity (Wildman–Crippen MR) is 195 cm³/mol. The number of para-hydroxylation sites is 2. The molecule has 2 heterocycles. The summed E-state index contributed by atoms with van der Waals surface area (Å²) in [4.78, 5) is 9.86. The smallest absolute Gasteiger partial charge is 0.121 e. The van der Waals surface area contributed by atoms with Crippen LogP contribution in [0.2, 0.25) is 0 Å². The van der Waals surface area contributed by atoms with E-state index >= 15 is 0 Å². The molecule has 0 fully saturated rings. The molecule has 0 aliphatic rings. The molecule has 0 saturated carbocycles. The van der Waals surface area contributed by atoms with Crippen LogP contribution in [0.1, 0.15) is 65.2 Å². The zero-order chi connectivity index (χ0) is 31.6. The Balaban J connectivity index is 0.982. The number of rotatable bonds is 17. The second kappa shape index (κ2) is 15.6. The van der Waals surface area contributed by atoms with Crippen molar-refractivity contribution in [1.29, 1.82) is 0 Å². The van der Waals surface area contributed by atoms with Gasteiger partial charge in [0.1, 0.15) is 11.5 Å². The van der Waals surface area contributed by atoms with Gasteiger partial charge >= 0.3 is 0 Å². The highest BCUT2D eigenvalue weighted by molar-refractivity contribution is 6.08. The molecule has 0 radical (unpaired) electrons. The van der Waals surface area contributed by atoms with Crippen molar-refractivity contribution in [2.75, 3.05) is 36.9 Å². The first-order valence-corrected chi connectivity index (χ1v) is 17.1. The maximum atomic E-state index is 5.88. The summed E-state index contributed by atoms with van der Waals surface area (Å²) in [6.45, 7) is 7.58. The summed E-state index contributed by atoms with van der Waals surface area (Å²) < 4.78 is 11.8. The van der Waals surface area contributed by atoms with Gasteiger partial charge in [0.15, 0.2) is 0 Å². The van der Waals surface area contributed by atoms with Gasteiger partial charge < -0.3 is 20.1 Å². The lowest BCUT2D eigenvalue weighted by Crippen LogP contribution is -2.04. The number of nitrogens with one attached hydrogen (secondary N) is 2. The molecule has 2 aromatic heterocycles. The number of benzene rings is 4. The molecule has 0 saturated heterocycles. The van der Waals surface area contributed by atoms with Crippen LogP contribution in [0, 0.1) is 0 Å². The molecule has 0 aliphatic heterocycles. The minimum Gasteiger partial charge on any atom is -0.494 e. The van der Waals surface area contributed by atoms with Crippen molar-refractivity contribution in [3.63, 3.8) is 0 Å². The van der Waals surface area contributed by atoms with Gasteiger partial charge in [-0.3, -0.25) is 0 Å². The SMILES string of the molecule is CCCOc1ccc2c(NCCCCCCCCNc3c4ccccc4nc4cc(OCCC)ccc34)c3ccccc3nc2c1. The second-order valence-corrected chi connectivity index (χ2v) is 12.0. The monoisotopic (exact) mass is 614 g/mol. The van der Waals surface area contributed by atoms with E-state index in [1.165, 1.54) is 47.8 Å². The summed E-state index contributed by atoms with van der Waals surface area (Å²) in [6.07, 6.45) is 9.21. The van der Waals surface area contributed by atoms with Crippen LogP contribution < -0.4 is 20.1 Å². The van der Waals surface area contributed by atoms with Gasteiger partial charge in [-0.1, -0.05) is 75.9 Å². The third-order valence-electron chi connectivity index (χ3n) is 8.46. The van der Waals surface area contributed by atoms with Gasteiger partial charge in [-0.05, 0) is 62.1 Å². The summed E-state index contributed by atoms with van der Waals surface area (Å²) >= 11 is 0. The third-order valence-corrected chi connectivity index (χ3v) is 8.46.